The van der Waals surface area contributed by atoms with Crippen molar-refractivity contribution in [1.82, 2.24) is 15.0 Å². The fraction of sp³-hybridized carbons (Fsp3) is 0.0625. The number of fused-ring (bicyclic) bond motifs is 1. The summed E-state index contributed by atoms with van der Waals surface area (Å²) >= 11 is 0. The average Bonchev–Trinajstić information content (AvgIpc) is 2.94. The molecule has 0 aliphatic carbocycles. The van der Waals surface area contributed by atoms with Gasteiger partial charge in [0.15, 0.2) is 11.5 Å². The molecule has 1 aromatic heterocycles. The van der Waals surface area contributed by atoms with Gasteiger partial charge in [-0.3, -0.25) is 4.79 Å². The number of phenols is 2. The van der Waals surface area contributed by atoms with Crippen LogP contribution in [-0.2, 0) is 11.3 Å². The van der Waals surface area contributed by atoms with Crippen molar-refractivity contribution in [2.24, 2.45) is 5.10 Å². The fourth-order valence-electron chi connectivity index (χ4n) is 2.13. The van der Waals surface area contributed by atoms with E-state index in [1.165, 1.54) is 18.3 Å². The highest BCUT2D eigenvalue weighted by Crippen LogP contribution is 2.23. The maximum Gasteiger partial charge on any atom is 0.260 e. The zero-order valence-corrected chi connectivity index (χ0v) is 12.0. The molecular formula is C16H14N4O3. The molecule has 1 amide bonds. The molecule has 3 aromatic rings. The van der Waals surface area contributed by atoms with Crippen LogP contribution in [0.4, 0.5) is 0 Å². The van der Waals surface area contributed by atoms with Gasteiger partial charge in [-0.1, -0.05) is 12.1 Å². The number of para-hydroxylation sites is 2. The summed E-state index contributed by atoms with van der Waals surface area (Å²) < 4.78 is 1.73. The number of rotatable bonds is 4. The smallest absolute Gasteiger partial charge is 0.260 e. The van der Waals surface area contributed by atoms with Crippen molar-refractivity contribution < 1.29 is 15.0 Å². The van der Waals surface area contributed by atoms with Crippen LogP contribution in [0.3, 0.4) is 0 Å². The lowest BCUT2D eigenvalue weighted by Crippen LogP contribution is -2.22. The van der Waals surface area contributed by atoms with Crippen molar-refractivity contribution in [1.29, 1.82) is 0 Å². The maximum absolute atomic E-state index is 11.9. The van der Waals surface area contributed by atoms with E-state index < -0.39 is 0 Å². The zero-order chi connectivity index (χ0) is 16.2. The SMILES string of the molecule is O=C(Cn1cnc2ccccc21)N/N=C\c1ccc(O)c(O)c1. The minimum Gasteiger partial charge on any atom is -0.504 e. The molecule has 3 rings (SSSR count). The molecule has 0 bridgehead atoms. The molecule has 0 radical (unpaired) electrons. The van der Waals surface area contributed by atoms with Gasteiger partial charge in [-0.2, -0.15) is 5.10 Å². The summed E-state index contributed by atoms with van der Waals surface area (Å²) in [6.07, 6.45) is 2.98. The van der Waals surface area contributed by atoms with Gasteiger partial charge in [-0.05, 0) is 35.9 Å². The Morgan fingerprint density at radius 3 is 2.87 bits per heavy atom. The number of imidazole rings is 1. The number of nitrogens with one attached hydrogen (secondary N) is 1. The minimum atomic E-state index is -0.299. The third kappa shape index (κ3) is 3.29. The topological polar surface area (TPSA) is 99.7 Å². The molecule has 1 heterocycles. The Kier molecular flexibility index (Phi) is 3.92. The fourth-order valence-corrected chi connectivity index (χ4v) is 2.13. The van der Waals surface area contributed by atoms with Crippen LogP contribution in [-0.4, -0.2) is 31.9 Å². The van der Waals surface area contributed by atoms with Gasteiger partial charge in [-0.25, -0.2) is 10.4 Å². The van der Waals surface area contributed by atoms with Crippen LogP contribution in [0.1, 0.15) is 5.56 Å². The zero-order valence-electron chi connectivity index (χ0n) is 12.0. The summed E-state index contributed by atoms with van der Waals surface area (Å²) in [5.41, 5.74) is 4.65. The van der Waals surface area contributed by atoms with Gasteiger partial charge in [0.25, 0.3) is 5.91 Å². The van der Waals surface area contributed by atoms with E-state index in [1.807, 2.05) is 24.3 Å². The number of hydrogen-bond acceptors (Lipinski definition) is 5. The molecule has 2 aromatic carbocycles. The molecule has 0 saturated heterocycles. The Hall–Kier alpha value is -3.35. The first-order chi connectivity index (χ1) is 11.1. The number of amides is 1. The van der Waals surface area contributed by atoms with Crippen molar-refractivity contribution in [3.05, 3.63) is 54.4 Å². The van der Waals surface area contributed by atoms with Crippen LogP contribution in [0.25, 0.3) is 11.0 Å². The van der Waals surface area contributed by atoms with E-state index in [0.29, 0.717) is 5.56 Å². The molecule has 7 nitrogen and oxygen atoms in total. The summed E-state index contributed by atoms with van der Waals surface area (Å²) in [6, 6.07) is 11.8. The average molecular weight is 310 g/mol. The van der Waals surface area contributed by atoms with Crippen LogP contribution < -0.4 is 5.43 Å². The van der Waals surface area contributed by atoms with Crippen molar-refractivity contribution in [2.75, 3.05) is 0 Å². The molecule has 0 unspecified atom stereocenters. The summed E-state index contributed by atoms with van der Waals surface area (Å²) in [5, 5.41) is 22.4. The third-order valence-corrected chi connectivity index (χ3v) is 3.24. The monoisotopic (exact) mass is 310 g/mol. The van der Waals surface area contributed by atoms with E-state index in [1.54, 1.807) is 17.0 Å². The molecule has 0 saturated carbocycles. The summed E-state index contributed by atoms with van der Waals surface area (Å²) in [4.78, 5) is 16.1. The number of aromatic hydroxyl groups is 2. The van der Waals surface area contributed by atoms with Gasteiger partial charge in [-0.15, -0.1) is 0 Å². The highest BCUT2D eigenvalue weighted by molar-refractivity contribution is 5.84. The molecule has 116 valence electrons. The second kappa shape index (κ2) is 6.18. The van der Waals surface area contributed by atoms with E-state index in [0.717, 1.165) is 11.0 Å². The number of hydrogen-bond donors (Lipinski definition) is 3. The van der Waals surface area contributed by atoms with Gasteiger partial charge in [0.05, 0.1) is 23.6 Å². The molecule has 0 spiro atoms. The van der Waals surface area contributed by atoms with Crippen LogP contribution in [0.2, 0.25) is 0 Å². The number of aromatic nitrogens is 2. The maximum atomic E-state index is 11.9. The first-order valence-corrected chi connectivity index (χ1v) is 6.87. The molecule has 0 fully saturated rings. The van der Waals surface area contributed by atoms with Crippen LogP contribution in [0.15, 0.2) is 53.9 Å². The first kappa shape index (κ1) is 14.6. The highest BCUT2D eigenvalue weighted by Gasteiger charge is 2.06. The molecule has 23 heavy (non-hydrogen) atoms. The molecule has 0 atom stereocenters. The molecule has 0 aliphatic heterocycles. The Labute approximate surface area is 131 Å². The Balaban J connectivity index is 1.63. The standard InChI is InChI=1S/C16H14N4O3/c21-14-6-5-11(7-15(14)22)8-18-19-16(23)9-20-10-17-12-3-1-2-4-13(12)20/h1-8,10,21-22H,9H2,(H,19,23)/b18-8-. The molecule has 0 aliphatic rings. The Bertz CT molecular complexity index is 886. The van der Waals surface area contributed by atoms with E-state index in [9.17, 15) is 15.0 Å². The van der Waals surface area contributed by atoms with E-state index in [2.05, 4.69) is 15.5 Å². The van der Waals surface area contributed by atoms with E-state index in [4.69, 9.17) is 0 Å². The predicted molar refractivity (Wildman–Crippen MR) is 85.2 cm³/mol. The molecule has 7 heteroatoms. The predicted octanol–water partition coefficient (Wildman–Crippen LogP) is 1.60. The molecule has 3 N–H and O–H groups in total. The van der Waals surface area contributed by atoms with Gasteiger partial charge >= 0.3 is 0 Å². The Morgan fingerprint density at radius 2 is 2.04 bits per heavy atom. The minimum absolute atomic E-state index is 0.0959. The quantitative estimate of drug-likeness (QED) is 0.387. The number of benzene rings is 2. The molecular weight excluding hydrogens is 296 g/mol. The van der Waals surface area contributed by atoms with Crippen molar-refractivity contribution in [3.8, 4) is 11.5 Å². The number of phenolic OH excluding ortho intramolecular Hbond substituents is 2. The van der Waals surface area contributed by atoms with Gasteiger partial charge < -0.3 is 14.8 Å². The van der Waals surface area contributed by atoms with Crippen LogP contribution in [0.5, 0.6) is 11.5 Å². The Morgan fingerprint density at radius 1 is 1.22 bits per heavy atom. The van der Waals surface area contributed by atoms with Gasteiger partial charge in [0.2, 0.25) is 0 Å². The number of carbonyl (C=O) groups excluding carboxylic acids is 1. The van der Waals surface area contributed by atoms with Crippen LogP contribution >= 0.6 is 0 Å². The highest BCUT2D eigenvalue weighted by atomic mass is 16.3. The summed E-state index contributed by atoms with van der Waals surface area (Å²) in [7, 11) is 0. The number of nitrogens with zero attached hydrogens (tertiary/aromatic N) is 3. The largest absolute Gasteiger partial charge is 0.504 e. The lowest BCUT2D eigenvalue weighted by Gasteiger charge is -2.03. The third-order valence-electron chi connectivity index (χ3n) is 3.24. The van der Waals surface area contributed by atoms with Gasteiger partial charge in [0, 0.05) is 0 Å². The summed E-state index contributed by atoms with van der Waals surface area (Å²) in [5.74, 6) is -0.754. The van der Waals surface area contributed by atoms with Crippen molar-refractivity contribution in [3.63, 3.8) is 0 Å². The number of hydrazone groups is 1. The first-order valence-electron chi connectivity index (χ1n) is 6.87. The second-order valence-electron chi connectivity index (χ2n) is 4.90. The van der Waals surface area contributed by atoms with E-state index >= 15 is 0 Å². The summed E-state index contributed by atoms with van der Waals surface area (Å²) in [6.45, 7) is 0.0959. The van der Waals surface area contributed by atoms with Crippen LogP contribution in [0, 0.1) is 0 Å². The van der Waals surface area contributed by atoms with E-state index in [-0.39, 0.29) is 24.0 Å². The van der Waals surface area contributed by atoms with Crippen molar-refractivity contribution in [2.45, 2.75) is 6.54 Å². The lowest BCUT2D eigenvalue weighted by atomic mass is 10.2. The number of carbonyl (C=O) groups is 1. The van der Waals surface area contributed by atoms with Crippen molar-refractivity contribution >= 4 is 23.2 Å². The normalized spacial score (nSPS) is 11.1. The second-order valence-corrected chi connectivity index (χ2v) is 4.90. The lowest BCUT2D eigenvalue weighted by molar-refractivity contribution is -0.121. The van der Waals surface area contributed by atoms with Gasteiger partial charge in [0.1, 0.15) is 6.54 Å².